The average molecular weight is 229 g/mol. The molecule has 1 amide bonds. The lowest BCUT2D eigenvalue weighted by atomic mass is 10.4. The van der Waals surface area contributed by atoms with Gasteiger partial charge < -0.3 is 15.4 Å². The van der Waals surface area contributed by atoms with Crippen molar-refractivity contribution in [2.45, 2.75) is 13.0 Å². The molecular weight excluding hydrogens is 218 g/mol. The van der Waals surface area contributed by atoms with Crippen molar-refractivity contribution < 1.29 is 14.1 Å². The Morgan fingerprint density at radius 1 is 1.69 bits per heavy atom. The smallest absolute Gasteiger partial charge is 0.390 e. The number of carbonyl (C=O) groups excluding carboxylic acids is 1. The van der Waals surface area contributed by atoms with Gasteiger partial charge in [0.05, 0.1) is 6.67 Å². The van der Waals surface area contributed by atoms with Crippen molar-refractivity contribution in [1.29, 1.82) is 0 Å². The number of aromatic nitrogens is 2. The zero-order chi connectivity index (χ0) is 12.0. The molecule has 0 aliphatic rings. The number of amides is 1. The van der Waals surface area contributed by atoms with Crippen LogP contribution in [0.5, 0.6) is 0 Å². The number of alkyl halides is 1. The average Bonchev–Trinajstić information content (AvgIpc) is 2.66. The lowest BCUT2D eigenvalue weighted by Gasteiger charge is -2.03. The number of nitrogens with zero attached hydrogens (tertiary/aromatic N) is 3. The summed E-state index contributed by atoms with van der Waals surface area (Å²) in [5, 5.41) is 12.9. The molecule has 1 rings (SSSR count). The van der Waals surface area contributed by atoms with Crippen molar-refractivity contribution in [3.8, 4) is 0 Å². The normalized spacial score (nSPS) is 10.1. The highest BCUT2D eigenvalue weighted by atomic mass is 18.2. The van der Waals surface area contributed by atoms with Crippen LogP contribution in [0.1, 0.15) is 6.42 Å². The summed E-state index contributed by atoms with van der Waals surface area (Å²) in [5.74, 6) is -0.796. The Kier molecular flexibility index (Phi) is 4.37. The highest BCUT2D eigenvalue weighted by molar-refractivity contribution is 5.75. The predicted molar refractivity (Wildman–Crippen MR) is 52.5 cm³/mol. The Labute approximate surface area is 90.4 Å². The number of nitrogens with one attached hydrogen (secondary N) is 1. The molecule has 0 unspecified atom stereocenters. The van der Waals surface area contributed by atoms with Gasteiger partial charge in [-0.3, -0.25) is 9.18 Å². The molecule has 0 radical (unpaired) electrons. The summed E-state index contributed by atoms with van der Waals surface area (Å²) in [6.07, 6.45) is 2.82. The molecule has 0 aliphatic carbocycles. The van der Waals surface area contributed by atoms with Crippen LogP contribution in [-0.2, 0) is 11.3 Å². The molecule has 0 aromatic carbocycles. The van der Waals surface area contributed by atoms with E-state index < -0.39 is 17.5 Å². The van der Waals surface area contributed by atoms with Gasteiger partial charge in [-0.25, -0.2) is 4.57 Å². The zero-order valence-corrected chi connectivity index (χ0v) is 8.43. The molecule has 7 nitrogen and oxygen atoms in total. The van der Waals surface area contributed by atoms with Crippen molar-refractivity contribution in [2.75, 3.05) is 13.2 Å². The Hall–Kier alpha value is -1.99. The van der Waals surface area contributed by atoms with E-state index in [1.54, 1.807) is 0 Å². The van der Waals surface area contributed by atoms with Crippen LogP contribution in [0.3, 0.4) is 0 Å². The van der Waals surface area contributed by atoms with E-state index in [9.17, 15) is 19.3 Å². The second kappa shape index (κ2) is 5.79. The molecule has 0 spiro atoms. The van der Waals surface area contributed by atoms with Crippen LogP contribution < -0.4 is 5.32 Å². The van der Waals surface area contributed by atoms with E-state index in [0.717, 1.165) is 4.57 Å². The fourth-order valence-corrected chi connectivity index (χ4v) is 1.10. The molecule has 1 N–H and O–H groups in total. The van der Waals surface area contributed by atoms with Crippen LogP contribution in [0.2, 0.25) is 0 Å². The summed E-state index contributed by atoms with van der Waals surface area (Å²) in [7, 11) is 0. The van der Waals surface area contributed by atoms with Crippen molar-refractivity contribution in [2.24, 2.45) is 0 Å². The molecule has 0 bridgehead atoms. The van der Waals surface area contributed by atoms with Crippen LogP contribution in [0.4, 0.5) is 10.3 Å². The molecule has 0 saturated heterocycles. The minimum Gasteiger partial charge on any atom is -0.390 e. The van der Waals surface area contributed by atoms with Crippen LogP contribution in [0, 0.1) is 10.1 Å². The minimum atomic E-state index is -0.672. The third-order valence-electron chi connectivity index (χ3n) is 1.80. The maximum absolute atomic E-state index is 11.7. The van der Waals surface area contributed by atoms with E-state index >= 15 is 0 Å². The zero-order valence-electron chi connectivity index (χ0n) is 8.43. The number of imidazole rings is 1. The number of hydrogen-bond acceptors (Lipinski definition) is 4. The fourth-order valence-electron chi connectivity index (χ4n) is 1.10. The van der Waals surface area contributed by atoms with Crippen molar-refractivity contribution in [3.63, 3.8) is 0 Å². The summed E-state index contributed by atoms with van der Waals surface area (Å²) in [4.78, 5) is 24.5. The van der Waals surface area contributed by atoms with Gasteiger partial charge in [0.1, 0.15) is 12.4 Å². The Morgan fingerprint density at radius 2 is 2.44 bits per heavy atom. The molecule has 8 heteroatoms. The van der Waals surface area contributed by atoms with Gasteiger partial charge in [-0.15, -0.1) is 0 Å². The number of hydrogen-bond donors (Lipinski definition) is 1. The molecule has 0 aliphatic heterocycles. The first kappa shape index (κ1) is 12.1. The topological polar surface area (TPSA) is 90.1 Å². The molecule has 1 aromatic heterocycles. The van der Waals surface area contributed by atoms with Gasteiger partial charge in [0.25, 0.3) is 5.91 Å². The first-order valence-electron chi connectivity index (χ1n) is 4.63. The van der Waals surface area contributed by atoms with E-state index in [2.05, 4.69) is 10.3 Å². The molecule has 16 heavy (non-hydrogen) atoms. The fraction of sp³-hybridized carbons (Fsp3) is 0.500. The van der Waals surface area contributed by atoms with E-state index in [1.807, 2.05) is 0 Å². The lowest BCUT2D eigenvalue weighted by molar-refractivity contribution is -0.396. The van der Waals surface area contributed by atoms with Gasteiger partial charge in [0.15, 0.2) is 6.54 Å². The van der Waals surface area contributed by atoms with Crippen molar-refractivity contribution in [3.05, 3.63) is 22.5 Å². The highest BCUT2D eigenvalue weighted by Gasteiger charge is 2.16. The summed E-state index contributed by atoms with van der Waals surface area (Å²) in [6.45, 7) is -0.480. The second-order valence-corrected chi connectivity index (χ2v) is 3.00. The van der Waals surface area contributed by atoms with Gasteiger partial charge in [0.2, 0.25) is 0 Å². The maximum atomic E-state index is 11.7. The molecule has 0 fully saturated rings. The highest BCUT2D eigenvalue weighted by Crippen LogP contribution is 2.06. The monoisotopic (exact) mass is 229 g/mol. The van der Waals surface area contributed by atoms with E-state index in [1.165, 1.54) is 12.4 Å². The Bertz CT molecular complexity index is 379. The van der Waals surface area contributed by atoms with Crippen LogP contribution in [-0.4, -0.2) is 33.6 Å². The van der Waals surface area contributed by atoms with E-state index in [0.29, 0.717) is 0 Å². The minimum absolute atomic E-state index is 0.192. The number of rotatable bonds is 6. The van der Waals surface area contributed by atoms with Gasteiger partial charge in [-0.05, 0) is 11.3 Å². The molecule has 1 aromatic rings. The van der Waals surface area contributed by atoms with Gasteiger partial charge >= 0.3 is 5.95 Å². The van der Waals surface area contributed by atoms with E-state index in [4.69, 9.17) is 0 Å². The predicted octanol–water partition coefficient (Wildman–Crippen LogP) is 0.267. The second-order valence-electron chi connectivity index (χ2n) is 3.00. The van der Waals surface area contributed by atoms with Crippen LogP contribution in [0.15, 0.2) is 12.4 Å². The van der Waals surface area contributed by atoms with Crippen molar-refractivity contribution >= 4 is 11.9 Å². The molecule has 88 valence electrons. The number of halogens is 1. The summed E-state index contributed by atoms with van der Waals surface area (Å²) >= 11 is 0. The van der Waals surface area contributed by atoms with Gasteiger partial charge in [-0.2, -0.15) is 0 Å². The third-order valence-corrected chi connectivity index (χ3v) is 1.80. The molecule has 0 atom stereocenters. The molecule has 1 heterocycles. The Morgan fingerprint density at radius 3 is 3.06 bits per heavy atom. The van der Waals surface area contributed by atoms with Crippen molar-refractivity contribution in [1.82, 2.24) is 14.9 Å². The summed E-state index contributed by atoms with van der Waals surface area (Å²) in [5.41, 5.74) is 0. The quantitative estimate of drug-likeness (QED) is 0.430. The molecule has 0 saturated carbocycles. The summed E-state index contributed by atoms with van der Waals surface area (Å²) < 4.78 is 12.9. The number of nitro groups is 1. The number of carbonyl (C=O) groups is 1. The van der Waals surface area contributed by atoms with Crippen LogP contribution >= 0.6 is 0 Å². The first-order chi connectivity index (χ1) is 7.65. The first-order valence-corrected chi connectivity index (χ1v) is 4.63. The Balaban J connectivity index is 2.49. The molecular formula is C8H11FN4O3. The standard InChI is InChI=1S/C8H11FN4O3/c9-2-1-3-10-7(14)6-12-5-4-11-8(12)13(15)16/h4-5H,1-3,6H2,(H,10,14)/i9-1. The van der Waals surface area contributed by atoms with E-state index in [-0.39, 0.29) is 25.5 Å². The van der Waals surface area contributed by atoms with Crippen LogP contribution in [0.25, 0.3) is 0 Å². The third kappa shape index (κ3) is 3.30. The van der Waals surface area contributed by atoms with Gasteiger partial charge in [0, 0.05) is 6.54 Å². The SMILES string of the molecule is O=C(Cn1ccnc1[N+](=O)[O-])NCCC[18F]. The maximum Gasteiger partial charge on any atom is 0.435 e. The van der Waals surface area contributed by atoms with Gasteiger partial charge in [-0.1, -0.05) is 4.98 Å². The largest absolute Gasteiger partial charge is 0.435 e. The lowest BCUT2D eigenvalue weighted by Crippen LogP contribution is -2.28. The summed E-state index contributed by atoms with van der Waals surface area (Å²) in [6, 6.07) is 0.